The fourth-order valence-corrected chi connectivity index (χ4v) is 2.72. The molecular weight excluding hydrogens is 343 g/mol. The molecule has 2 aromatic carbocycles. The van der Waals surface area contributed by atoms with E-state index in [1.165, 1.54) is 6.07 Å². The molecule has 2 aromatic rings. The Morgan fingerprint density at radius 1 is 1.15 bits per heavy atom. The summed E-state index contributed by atoms with van der Waals surface area (Å²) in [5.74, 6) is 0.390. The summed E-state index contributed by atoms with van der Waals surface area (Å²) in [6.45, 7) is 5.83. The molecule has 0 unspecified atom stereocenters. The molecule has 1 amide bonds. The van der Waals surface area contributed by atoms with Gasteiger partial charge in [0.1, 0.15) is 5.82 Å². The van der Waals surface area contributed by atoms with Crippen LogP contribution in [0.3, 0.4) is 0 Å². The maximum absolute atomic E-state index is 13.2. The SMILES string of the molecule is CCNC(=NCc1cccc(C(=O)NC)c1)NCCc1ccc(F)cc1C. The number of aliphatic imine (C=N–C) groups is 1. The van der Waals surface area contributed by atoms with Gasteiger partial charge in [-0.2, -0.15) is 0 Å². The number of nitrogens with zero attached hydrogens (tertiary/aromatic N) is 1. The molecule has 0 atom stereocenters. The van der Waals surface area contributed by atoms with E-state index in [1.807, 2.05) is 38.1 Å². The molecule has 0 aliphatic heterocycles. The van der Waals surface area contributed by atoms with Crippen molar-refractivity contribution in [1.82, 2.24) is 16.0 Å². The predicted molar refractivity (Wildman–Crippen MR) is 107 cm³/mol. The Bertz CT molecular complexity index is 805. The van der Waals surface area contributed by atoms with E-state index in [0.29, 0.717) is 24.6 Å². The Morgan fingerprint density at radius 2 is 1.96 bits per heavy atom. The Kier molecular flexibility index (Phi) is 7.79. The maximum atomic E-state index is 13.2. The molecule has 144 valence electrons. The van der Waals surface area contributed by atoms with Gasteiger partial charge >= 0.3 is 0 Å². The van der Waals surface area contributed by atoms with Gasteiger partial charge in [0.2, 0.25) is 0 Å². The lowest BCUT2D eigenvalue weighted by molar-refractivity contribution is 0.0963. The first-order valence-corrected chi connectivity index (χ1v) is 9.11. The lowest BCUT2D eigenvalue weighted by Crippen LogP contribution is -2.38. The molecular formula is C21H27FN4O. The third-order valence-corrected chi connectivity index (χ3v) is 4.17. The highest BCUT2D eigenvalue weighted by Crippen LogP contribution is 2.10. The zero-order valence-electron chi connectivity index (χ0n) is 16.1. The monoisotopic (exact) mass is 370 g/mol. The number of nitrogens with one attached hydrogen (secondary N) is 3. The topological polar surface area (TPSA) is 65.5 Å². The van der Waals surface area contributed by atoms with Crippen molar-refractivity contribution in [1.29, 1.82) is 0 Å². The summed E-state index contributed by atoms with van der Waals surface area (Å²) in [5.41, 5.74) is 3.64. The van der Waals surface area contributed by atoms with Crippen LogP contribution in [0.1, 0.15) is 34.0 Å². The van der Waals surface area contributed by atoms with Gasteiger partial charge in [-0.25, -0.2) is 9.38 Å². The molecule has 5 nitrogen and oxygen atoms in total. The van der Waals surface area contributed by atoms with Gasteiger partial charge in [-0.3, -0.25) is 4.79 Å². The first-order chi connectivity index (χ1) is 13.0. The molecule has 0 saturated heterocycles. The summed E-state index contributed by atoms with van der Waals surface area (Å²) < 4.78 is 13.2. The normalized spacial score (nSPS) is 11.2. The third kappa shape index (κ3) is 6.40. The van der Waals surface area contributed by atoms with Crippen LogP contribution >= 0.6 is 0 Å². The molecule has 0 aliphatic carbocycles. The van der Waals surface area contributed by atoms with Gasteiger partial charge in [0.05, 0.1) is 6.54 Å². The largest absolute Gasteiger partial charge is 0.357 e. The highest BCUT2D eigenvalue weighted by Gasteiger charge is 2.05. The van der Waals surface area contributed by atoms with Crippen LogP contribution in [0.5, 0.6) is 0 Å². The molecule has 0 radical (unpaired) electrons. The third-order valence-electron chi connectivity index (χ3n) is 4.17. The smallest absolute Gasteiger partial charge is 0.251 e. The van der Waals surface area contributed by atoms with Crippen molar-refractivity contribution >= 4 is 11.9 Å². The fourth-order valence-electron chi connectivity index (χ4n) is 2.72. The van der Waals surface area contributed by atoms with Crippen molar-refractivity contribution in [2.45, 2.75) is 26.8 Å². The molecule has 3 N–H and O–H groups in total. The zero-order valence-corrected chi connectivity index (χ0v) is 16.1. The average molecular weight is 370 g/mol. The van der Waals surface area contributed by atoms with Crippen LogP contribution in [0.15, 0.2) is 47.5 Å². The van der Waals surface area contributed by atoms with Gasteiger partial charge in [0.25, 0.3) is 5.91 Å². The van der Waals surface area contributed by atoms with Crippen LogP contribution in [0.4, 0.5) is 4.39 Å². The maximum Gasteiger partial charge on any atom is 0.251 e. The van der Waals surface area contributed by atoms with Crippen LogP contribution in [0, 0.1) is 12.7 Å². The zero-order chi connectivity index (χ0) is 19.6. The summed E-state index contributed by atoms with van der Waals surface area (Å²) >= 11 is 0. The van der Waals surface area contributed by atoms with Crippen LogP contribution in [-0.2, 0) is 13.0 Å². The van der Waals surface area contributed by atoms with E-state index in [9.17, 15) is 9.18 Å². The van der Waals surface area contributed by atoms with Crippen LogP contribution < -0.4 is 16.0 Å². The van der Waals surface area contributed by atoms with Gasteiger partial charge in [0.15, 0.2) is 5.96 Å². The van der Waals surface area contributed by atoms with E-state index in [4.69, 9.17) is 0 Å². The van der Waals surface area contributed by atoms with Crippen molar-refractivity contribution in [2.75, 3.05) is 20.1 Å². The Balaban J connectivity index is 1.96. The number of rotatable bonds is 7. The summed E-state index contributed by atoms with van der Waals surface area (Å²) in [7, 11) is 1.61. The second-order valence-electron chi connectivity index (χ2n) is 6.22. The minimum Gasteiger partial charge on any atom is -0.357 e. The first kappa shape index (κ1) is 20.4. The lowest BCUT2D eigenvalue weighted by Gasteiger charge is -2.12. The number of carbonyl (C=O) groups excluding carboxylic acids is 1. The average Bonchev–Trinajstić information content (AvgIpc) is 2.67. The second kappa shape index (κ2) is 10.3. The first-order valence-electron chi connectivity index (χ1n) is 9.11. The summed E-state index contributed by atoms with van der Waals surface area (Å²) in [5, 5.41) is 9.13. The molecule has 0 aromatic heterocycles. The number of guanidine groups is 1. The Hall–Kier alpha value is -2.89. The van der Waals surface area contributed by atoms with Crippen molar-refractivity contribution < 1.29 is 9.18 Å². The van der Waals surface area contributed by atoms with Crippen molar-refractivity contribution in [3.63, 3.8) is 0 Å². The van der Waals surface area contributed by atoms with Gasteiger partial charge < -0.3 is 16.0 Å². The van der Waals surface area contributed by atoms with E-state index in [0.717, 1.165) is 29.7 Å². The van der Waals surface area contributed by atoms with Crippen molar-refractivity contribution in [3.8, 4) is 0 Å². The number of hydrogen-bond donors (Lipinski definition) is 3. The number of halogens is 1. The number of carbonyl (C=O) groups is 1. The highest BCUT2D eigenvalue weighted by molar-refractivity contribution is 5.94. The van der Waals surface area contributed by atoms with Crippen molar-refractivity contribution in [3.05, 3.63) is 70.5 Å². The van der Waals surface area contributed by atoms with Gasteiger partial charge in [-0.1, -0.05) is 18.2 Å². The van der Waals surface area contributed by atoms with E-state index in [1.54, 1.807) is 19.2 Å². The molecule has 0 saturated carbocycles. The van der Waals surface area contributed by atoms with E-state index >= 15 is 0 Å². The molecule has 27 heavy (non-hydrogen) atoms. The number of benzene rings is 2. The standard InChI is InChI=1S/C21H27FN4O/c1-4-24-21(25-11-10-17-8-9-19(22)12-15(17)2)26-14-16-6-5-7-18(13-16)20(27)23-3/h5-9,12-13H,4,10-11,14H2,1-3H3,(H,23,27)(H2,24,25,26). The van der Waals surface area contributed by atoms with E-state index < -0.39 is 0 Å². The summed E-state index contributed by atoms with van der Waals surface area (Å²) in [6, 6.07) is 12.3. The number of aryl methyl sites for hydroxylation is 1. The van der Waals surface area contributed by atoms with E-state index in [2.05, 4.69) is 20.9 Å². The number of hydrogen-bond acceptors (Lipinski definition) is 2. The van der Waals surface area contributed by atoms with Crippen LogP contribution in [0.2, 0.25) is 0 Å². The summed E-state index contributed by atoms with van der Waals surface area (Å²) in [6.07, 6.45) is 0.780. The molecule has 6 heteroatoms. The predicted octanol–water partition coefficient (Wildman–Crippen LogP) is 2.79. The minimum atomic E-state index is -0.210. The number of amides is 1. The Labute approximate surface area is 160 Å². The molecule has 2 rings (SSSR count). The molecule has 0 spiro atoms. The molecule has 0 bridgehead atoms. The minimum absolute atomic E-state index is 0.111. The Morgan fingerprint density at radius 3 is 2.67 bits per heavy atom. The van der Waals surface area contributed by atoms with E-state index in [-0.39, 0.29) is 11.7 Å². The molecule has 0 heterocycles. The second-order valence-corrected chi connectivity index (χ2v) is 6.22. The highest BCUT2D eigenvalue weighted by atomic mass is 19.1. The van der Waals surface area contributed by atoms with Gasteiger partial charge in [0, 0.05) is 25.7 Å². The quantitative estimate of drug-likeness (QED) is 0.519. The fraction of sp³-hybridized carbons (Fsp3) is 0.333. The summed E-state index contributed by atoms with van der Waals surface area (Å²) in [4.78, 5) is 16.3. The van der Waals surface area contributed by atoms with Gasteiger partial charge in [-0.05, 0) is 61.2 Å². The van der Waals surface area contributed by atoms with Crippen LogP contribution in [-0.4, -0.2) is 32.0 Å². The molecule has 0 aliphatic rings. The van der Waals surface area contributed by atoms with Gasteiger partial charge in [-0.15, -0.1) is 0 Å². The van der Waals surface area contributed by atoms with Crippen molar-refractivity contribution in [2.24, 2.45) is 4.99 Å². The molecule has 0 fully saturated rings. The lowest BCUT2D eigenvalue weighted by atomic mass is 10.1. The van der Waals surface area contributed by atoms with Crippen LogP contribution in [0.25, 0.3) is 0 Å².